The number of thiazole rings is 1. The van der Waals surface area contributed by atoms with Gasteiger partial charge >= 0.3 is 11.9 Å². The average molecular weight is 711 g/mol. The predicted molar refractivity (Wildman–Crippen MR) is 193 cm³/mol. The van der Waals surface area contributed by atoms with E-state index in [-0.39, 0.29) is 29.9 Å². The van der Waals surface area contributed by atoms with E-state index in [1.807, 2.05) is 68.4 Å². The molecule has 0 aliphatic carbocycles. The van der Waals surface area contributed by atoms with Gasteiger partial charge in [-0.05, 0) is 82.6 Å². The van der Waals surface area contributed by atoms with Crippen LogP contribution in [0.15, 0.2) is 105 Å². The van der Waals surface area contributed by atoms with Crippen LogP contribution in [0, 0.1) is 0 Å². The van der Waals surface area contributed by atoms with Crippen LogP contribution in [0.1, 0.15) is 67.9 Å². The SMILES string of the molecule is CCOC(=O)C1=C(c2ccccc2)N=c2s/c(=C\c3ccc(-c4cc(Cl)ccc4C(=O)OC(C)C)o3)c(=O)n2[C@@H]1c1ccc(OC(C)C)cc1. The number of carbonyl (C=O) groups is 2. The van der Waals surface area contributed by atoms with Gasteiger partial charge in [-0.3, -0.25) is 9.36 Å². The van der Waals surface area contributed by atoms with Crippen LogP contribution in [0.3, 0.4) is 0 Å². The van der Waals surface area contributed by atoms with Crippen LogP contribution < -0.4 is 19.6 Å². The van der Waals surface area contributed by atoms with Crippen molar-refractivity contribution in [3.8, 4) is 17.1 Å². The third-order valence-corrected chi connectivity index (χ3v) is 8.87. The molecule has 9 nitrogen and oxygen atoms in total. The Morgan fingerprint density at radius 2 is 1.70 bits per heavy atom. The molecule has 1 aliphatic rings. The minimum absolute atomic E-state index is 0.0281. The molecule has 3 aromatic carbocycles. The third-order valence-electron chi connectivity index (χ3n) is 7.65. The standard InChI is InChI=1S/C39H35ClN2O7S/c1-6-46-38(45)33-34(24-10-8-7-9-11-24)41-39-42(35(33)25-12-15-27(16-13-25)47-22(2)3)36(43)32(50-39)21-28-17-19-31(49-28)30-20-26(40)14-18-29(30)37(44)48-23(4)5/h7-23,35H,6H2,1-5H3/b32-21-/t35-/m1/s1. The van der Waals surface area contributed by atoms with Gasteiger partial charge in [0.15, 0.2) is 4.80 Å². The summed E-state index contributed by atoms with van der Waals surface area (Å²) >= 11 is 7.48. The fraction of sp³-hybridized carbons (Fsp3) is 0.231. The average Bonchev–Trinajstić information content (AvgIpc) is 3.68. The number of esters is 2. The fourth-order valence-corrected chi connectivity index (χ4v) is 6.79. The van der Waals surface area contributed by atoms with E-state index in [9.17, 15) is 14.4 Å². The molecule has 1 atom stereocenters. The molecule has 0 amide bonds. The molecule has 0 spiro atoms. The number of aromatic nitrogens is 1. The van der Waals surface area contributed by atoms with Crippen molar-refractivity contribution in [2.75, 3.05) is 6.61 Å². The molecule has 11 heteroatoms. The van der Waals surface area contributed by atoms with Crippen molar-refractivity contribution in [1.29, 1.82) is 0 Å². The highest BCUT2D eigenvalue weighted by Gasteiger charge is 2.35. The van der Waals surface area contributed by atoms with Crippen molar-refractivity contribution < 1.29 is 28.2 Å². The Balaban J connectivity index is 1.51. The zero-order chi connectivity index (χ0) is 35.5. The molecular formula is C39H35ClN2O7S. The number of benzene rings is 3. The second-order valence-electron chi connectivity index (χ2n) is 12.0. The molecule has 50 heavy (non-hydrogen) atoms. The molecule has 2 aromatic heterocycles. The number of halogens is 1. The van der Waals surface area contributed by atoms with Crippen LogP contribution in [0.5, 0.6) is 5.75 Å². The van der Waals surface area contributed by atoms with Crippen LogP contribution in [-0.4, -0.2) is 35.3 Å². The summed E-state index contributed by atoms with van der Waals surface area (Å²) in [5.74, 6) is 0.331. The monoisotopic (exact) mass is 710 g/mol. The van der Waals surface area contributed by atoms with E-state index in [1.54, 1.807) is 57.2 Å². The number of hydrogen-bond acceptors (Lipinski definition) is 9. The number of hydrogen-bond donors (Lipinski definition) is 0. The first kappa shape index (κ1) is 34.7. The van der Waals surface area contributed by atoms with Crippen molar-refractivity contribution in [1.82, 2.24) is 4.57 Å². The maximum atomic E-state index is 14.3. The molecule has 0 saturated carbocycles. The predicted octanol–water partition coefficient (Wildman–Crippen LogP) is 7.20. The maximum Gasteiger partial charge on any atom is 0.339 e. The Hall–Kier alpha value is -5.19. The first-order valence-electron chi connectivity index (χ1n) is 16.2. The largest absolute Gasteiger partial charge is 0.491 e. The zero-order valence-corrected chi connectivity index (χ0v) is 29.7. The second kappa shape index (κ2) is 14.7. The van der Waals surface area contributed by atoms with Crippen molar-refractivity contribution in [3.63, 3.8) is 0 Å². The van der Waals surface area contributed by atoms with Crippen LogP contribution >= 0.6 is 22.9 Å². The van der Waals surface area contributed by atoms with Gasteiger partial charge in [0.1, 0.15) is 17.3 Å². The van der Waals surface area contributed by atoms with Gasteiger partial charge in [0, 0.05) is 22.2 Å². The summed E-state index contributed by atoms with van der Waals surface area (Å²) in [6.45, 7) is 9.31. The van der Waals surface area contributed by atoms with E-state index in [4.69, 9.17) is 35.2 Å². The molecule has 0 unspecified atom stereocenters. The van der Waals surface area contributed by atoms with Gasteiger partial charge in [-0.15, -0.1) is 0 Å². The van der Waals surface area contributed by atoms with Crippen LogP contribution in [0.2, 0.25) is 5.02 Å². The highest BCUT2D eigenvalue weighted by atomic mass is 35.5. The number of ether oxygens (including phenoxy) is 3. The van der Waals surface area contributed by atoms with Crippen LogP contribution in [0.4, 0.5) is 0 Å². The number of carbonyl (C=O) groups excluding carboxylic acids is 2. The minimum atomic E-state index is -0.844. The fourth-order valence-electron chi connectivity index (χ4n) is 5.64. The smallest absolute Gasteiger partial charge is 0.339 e. The van der Waals surface area contributed by atoms with E-state index in [0.29, 0.717) is 59.6 Å². The zero-order valence-electron chi connectivity index (χ0n) is 28.1. The molecule has 5 aromatic rings. The molecular weight excluding hydrogens is 676 g/mol. The summed E-state index contributed by atoms with van der Waals surface area (Å²) in [6, 6.07) is 24.1. The highest BCUT2D eigenvalue weighted by molar-refractivity contribution is 7.07. The molecule has 0 fully saturated rings. The van der Waals surface area contributed by atoms with E-state index < -0.39 is 18.0 Å². The highest BCUT2D eigenvalue weighted by Crippen LogP contribution is 2.36. The first-order valence-corrected chi connectivity index (χ1v) is 17.4. The lowest BCUT2D eigenvalue weighted by Gasteiger charge is -2.26. The van der Waals surface area contributed by atoms with Crippen molar-refractivity contribution in [2.24, 2.45) is 4.99 Å². The molecule has 0 bridgehead atoms. The normalized spacial score (nSPS) is 14.5. The van der Waals surface area contributed by atoms with Crippen LogP contribution in [0.25, 0.3) is 23.1 Å². The quantitative estimate of drug-likeness (QED) is 0.141. The van der Waals surface area contributed by atoms with E-state index >= 15 is 0 Å². The number of nitrogens with zero attached hydrogens (tertiary/aromatic N) is 2. The molecule has 6 rings (SSSR count). The van der Waals surface area contributed by atoms with Gasteiger partial charge in [0.25, 0.3) is 5.56 Å². The second-order valence-corrected chi connectivity index (χ2v) is 13.5. The van der Waals surface area contributed by atoms with E-state index in [1.165, 1.54) is 15.9 Å². The van der Waals surface area contributed by atoms with Crippen molar-refractivity contribution in [3.05, 3.63) is 138 Å². The van der Waals surface area contributed by atoms with Gasteiger partial charge in [-0.25, -0.2) is 14.6 Å². The lowest BCUT2D eigenvalue weighted by Crippen LogP contribution is -2.40. The van der Waals surface area contributed by atoms with E-state index in [2.05, 4.69) is 0 Å². The van der Waals surface area contributed by atoms with Crippen molar-refractivity contribution in [2.45, 2.75) is 52.9 Å². The lowest BCUT2D eigenvalue weighted by atomic mass is 9.93. The molecule has 0 saturated heterocycles. The number of rotatable bonds is 10. The van der Waals surface area contributed by atoms with Crippen LogP contribution in [-0.2, 0) is 14.3 Å². The Labute approximate surface area is 297 Å². The van der Waals surface area contributed by atoms with E-state index in [0.717, 1.165) is 0 Å². The summed E-state index contributed by atoms with van der Waals surface area (Å²) in [6.07, 6.45) is 1.28. The van der Waals surface area contributed by atoms with Crippen molar-refractivity contribution >= 4 is 46.6 Å². The Bertz CT molecular complexity index is 2270. The van der Waals surface area contributed by atoms with Gasteiger partial charge < -0.3 is 18.6 Å². The minimum Gasteiger partial charge on any atom is -0.491 e. The Morgan fingerprint density at radius 3 is 2.38 bits per heavy atom. The topological polar surface area (TPSA) is 109 Å². The summed E-state index contributed by atoms with van der Waals surface area (Å²) in [5, 5.41) is 0.419. The van der Waals surface area contributed by atoms with Gasteiger partial charge in [-0.1, -0.05) is 65.4 Å². The third kappa shape index (κ3) is 7.22. The Morgan fingerprint density at radius 1 is 0.960 bits per heavy atom. The van der Waals surface area contributed by atoms with Gasteiger partial charge in [-0.2, -0.15) is 0 Å². The first-order chi connectivity index (χ1) is 24.0. The molecule has 256 valence electrons. The summed E-state index contributed by atoms with van der Waals surface area (Å²) in [7, 11) is 0. The molecule has 0 radical (unpaired) electrons. The summed E-state index contributed by atoms with van der Waals surface area (Å²) in [4.78, 5) is 46.2. The summed E-state index contributed by atoms with van der Waals surface area (Å²) in [5.41, 5.74) is 2.46. The van der Waals surface area contributed by atoms with Gasteiger partial charge in [0.05, 0.1) is 46.2 Å². The molecule has 3 heterocycles. The summed E-state index contributed by atoms with van der Waals surface area (Å²) < 4.78 is 24.9. The Kier molecular flexibility index (Phi) is 10.2. The number of fused-ring (bicyclic) bond motifs is 1. The number of furan rings is 1. The van der Waals surface area contributed by atoms with Gasteiger partial charge in [0.2, 0.25) is 0 Å². The molecule has 0 N–H and O–H groups in total. The maximum absolute atomic E-state index is 14.3. The lowest BCUT2D eigenvalue weighted by molar-refractivity contribution is -0.138. The molecule has 1 aliphatic heterocycles.